The highest BCUT2D eigenvalue weighted by Crippen LogP contribution is 2.70. The molecule has 0 N–H and O–H groups in total. The van der Waals surface area contributed by atoms with Crippen LogP contribution in [-0.4, -0.2) is 18.9 Å². The van der Waals surface area contributed by atoms with E-state index in [1.165, 1.54) is 7.11 Å². The van der Waals surface area contributed by atoms with Crippen LogP contribution in [0.15, 0.2) is 0 Å². The second-order valence-corrected chi connectivity index (χ2v) is 8.81. The third-order valence-electron chi connectivity index (χ3n) is 7.75. The average molecular weight is 306 g/mol. The number of carbonyl (C=O) groups excluding carboxylic acids is 2. The van der Waals surface area contributed by atoms with Crippen LogP contribution in [0.25, 0.3) is 0 Å². The number of carbonyl (C=O) groups is 2. The number of rotatable bonds is 3. The fourth-order valence-electron chi connectivity index (χ4n) is 5.80. The van der Waals surface area contributed by atoms with E-state index < -0.39 is 0 Å². The molecule has 3 unspecified atom stereocenters. The fourth-order valence-corrected chi connectivity index (χ4v) is 5.80. The van der Waals surface area contributed by atoms with E-state index in [0.717, 1.165) is 38.5 Å². The van der Waals surface area contributed by atoms with Gasteiger partial charge in [0.25, 0.3) is 0 Å². The van der Waals surface area contributed by atoms with Crippen LogP contribution in [0.3, 0.4) is 0 Å². The zero-order valence-electron chi connectivity index (χ0n) is 14.7. The molecule has 0 aromatic carbocycles. The number of ether oxygens (including phenoxy) is 1. The number of fused-ring (bicyclic) bond motifs is 1. The normalized spacial score (nSPS) is 41.6. The molecule has 0 bridgehead atoms. The average Bonchev–Trinajstić information content (AvgIpc) is 3.18. The minimum atomic E-state index is -0.334. The number of esters is 1. The van der Waals surface area contributed by atoms with Gasteiger partial charge in [-0.05, 0) is 68.6 Å². The van der Waals surface area contributed by atoms with Crippen molar-refractivity contribution in [3.05, 3.63) is 0 Å². The Morgan fingerprint density at radius 1 is 1.00 bits per heavy atom. The van der Waals surface area contributed by atoms with Crippen LogP contribution < -0.4 is 0 Å². The molecule has 0 aliphatic heterocycles. The van der Waals surface area contributed by atoms with Gasteiger partial charge in [0.1, 0.15) is 5.78 Å². The van der Waals surface area contributed by atoms with Gasteiger partial charge in [0, 0.05) is 5.41 Å². The first-order valence-corrected chi connectivity index (χ1v) is 8.81. The first-order valence-electron chi connectivity index (χ1n) is 8.81. The third-order valence-corrected chi connectivity index (χ3v) is 7.75. The smallest absolute Gasteiger partial charge is 0.312 e. The molecule has 0 aromatic heterocycles. The zero-order valence-corrected chi connectivity index (χ0v) is 14.7. The van der Waals surface area contributed by atoms with Gasteiger partial charge in [0.2, 0.25) is 0 Å². The highest BCUT2D eigenvalue weighted by Gasteiger charge is 2.67. The molecule has 0 spiro atoms. The molecule has 3 heteroatoms. The summed E-state index contributed by atoms with van der Waals surface area (Å²) in [7, 11) is 1.52. The Morgan fingerprint density at radius 3 is 2.09 bits per heavy atom. The maximum Gasteiger partial charge on any atom is 0.312 e. The van der Waals surface area contributed by atoms with Crippen molar-refractivity contribution in [3.8, 4) is 0 Å². The number of ketones is 1. The first-order chi connectivity index (χ1) is 10.2. The molecule has 0 saturated heterocycles. The summed E-state index contributed by atoms with van der Waals surface area (Å²) in [5.41, 5.74) is -0.223. The van der Waals surface area contributed by atoms with Crippen LogP contribution in [0.1, 0.15) is 66.2 Å². The summed E-state index contributed by atoms with van der Waals surface area (Å²) in [6, 6.07) is 0. The highest BCUT2D eigenvalue weighted by molar-refractivity contribution is 5.86. The summed E-state index contributed by atoms with van der Waals surface area (Å²) < 4.78 is 5.23. The minimum Gasteiger partial charge on any atom is -0.469 e. The van der Waals surface area contributed by atoms with Gasteiger partial charge in [0.15, 0.2) is 0 Å². The molecule has 3 saturated carbocycles. The first kappa shape index (κ1) is 16.0. The molecule has 0 aromatic rings. The van der Waals surface area contributed by atoms with E-state index in [0.29, 0.717) is 23.5 Å². The molecule has 3 rings (SSSR count). The van der Waals surface area contributed by atoms with Crippen molar-refractivity contribution < 1.29 is 14.3 Å². The Labute approximate surface area is 134 Å². The number of hydrogen-bond acceptors (Lipinski definition) is 3. The Hall–Kier alpha value is -0.860. The van der Waals surface area contributed by atoms with Crippen molar-refractivity contribution in [1.82, 2.24) is 0 Å². The summed E-state index contributed by atoms with van der Waals surface area (Å²) in [6.07, 6.45) is 5.96. The molecular weight excluding hydrogens is 276 g/mol. The van der Waals surface area contributed by atoms with Gasteiger partial charge >= 0.3 is 5.97 Å². The van der Waals surface area contributed by atoms with E-state index in [1.54, 1.807) is 6.92 Å². The number of methoxy groups -OCH3 is 1. The number of Topliss-reactive ketones (excluding diaryl/α,β-unsaturated/α-hetero) is 1. The topological polar surface area (TPSA) is 43.4 Å². The molecule has 3 nitrogen and oxygen atoms in total. The second kappa shape index (κ2) is 4.82. The fraction of sp³-hybridized carbons (Fsp3) is 0.895. The summed E-state index contributed by atoms with van der Waals surface area (Å²) in [5, 5.41) is 0. The van der Waals surface area contributed by atoms with Crippen molar-refractivity contribution in [3.63, 3.8) is 0 Å². The van der Waals surface area contributed by atoms with Crippen LogP contribution in [-0.2, 0) is 14.3 Å². The Kier molecular flexibility index (Phi) is 3.51. The van der Waals surface area contributed by atoms with Gasteiger partial charge in [-0.25, -0.2) is 0 Å². The summed E-state index contributed by atoms with van der Waals surface area (Å²) in [6.45, 7) is 8.70. The monoisotopic (exact) mass is 306 g/mol. The molecule has 22 heavy (non-hydrogen) atoms. The molecule has 0 amide bonds. The van der Waals surface area contributed by atoms with Gasteiger partial charge in [-0.15, -0.1) is 0 Å². The molecule has 0 heterocycles. The van der Waals surface area contributed by atoms with Crippen LogP contribution in [0, 0.1) is 34.0 Å². The van der Waals surface area contributed by atoms with E-state index in [4.69, 9.17) is 4.74 Å². The lowest BCUT2D eigenvalue weighted by atomic mass is 9.52. The van der Waals surface area contributed by atoms with Gasteiger partial charge in [-0.1, -0.05) is 20.8 Å². The molecule has 3 fully saturated rings. The molecular formula is C19H30O3. The van der Waals surface area contributed by atoms with Gasteiger partial charge in [0.05, 0.1) is 12.5 Å². The molecule has 3 aliphatic rings. The quantitative estimate of drug-likeness (QED) is 0.740. The van der Waals surface area contributed by atoms with Crippen molar-refractivity contribution in [1.29, 1.82) is 0 Å². The van der Waals surface area contributed by atoms with Crippen molar-refractivity contribution in [2.24, 2.45) is 34.0 Å². The maximum absolute atomic E-state index is 12.7. The largest absolute Gasteiger partial charge is 0.469 e. The Bertz CT molecular complexity index is 503. The lowest BCUT2D eigenvalue weighted by Gasteiger charge is -2.51. The SMILES string of the molecule is COC(=O)C12CC[C@@H](C3(C(C)=O)CC3)C1C(C)C(C)(C)CC2. The zero-order chi connectivity index (χ0) is 16.3. The van der Waals surface area contributed by atoms with E-state index in [2.05, 4.69) is 20.8 Å². The van der Waals surface area contributed by atoms with Crippen LogP contribution in [0.2, 0.25) is 0 Å². The lowest BCUT2D eigenvalue weighted by molar-refractivity contribution is -0.165. The van der Waals surface area contributed by atoms with E-state index >= 15 is 0 Å². The number of hydrogen-bond donors (Lipinski definition) is 0. The Morgan fingerprint density at radius 2 is 1.59 bits per heavy atom. The van der Waals surface area contributed by atoms with Gasteiger partial charge < -0.3 is 4.74 Å². The van der Waals surface area contributed by atoms with Crippen LogP contribution in [0.5, 0.6) is 0 Å². The van der Waals surface area contributed by atoms with Crippen LogP contribution >= 0.6 is 0 Å². The molecule has 4 atom stereocenters. The summed E-state index contributed by atoms with van der Waals surface area (Å²) in [4.78, 5) is 25.0. The third kappa shape index (κ3) is 1.93. The lowest BCUT2D eigenvalue weighted by Crippen LogP contribution is -2.51. The van der Waals surface area contributed by atoms with Crippen molar-refractivity contribution in [2.45, 2.75) is 66.2 Å². The second-order valence-electron chi connectivity index (χ2n) is 8.81. The molecule has 124 valence electrons. The van der Waals surface area contributed by atoms with Gasteiger partial charge in [-0.2, -0.15) is 0 Å². The van der Waals surface area contributed by atoms with E-state index in [9.17, 15) is 9.59 Å². The van der Waals surface area contributed by atoms with E-state index in [1.807, 2.05) is 0 Å². The molecule has 3 aliphatic carbocycles. The van der Waals surface area contributed by atoms with Crippen molar-refractivity contribution >= 4 is 11.8 Å². The van der Waals surface area contributed by atoms with Gasteiger partial charge in [-0.3, -0.25) is 9.59 Å². The minimum absolute atomic E-state index is 0.0262. The van der Waals surface area contributed by atoms with Crippen LogP contribution in [0.4, 0.5) is 0 Å². The van der Waals surface area contributed by atoms with Crippen molar-refractivity contribution in [2.75, 3.05) is 7.11 Å². The Balaban J connectivity index is 2.03. The molecule has 0 radical (unpaired) electrons. The maximum atomic E-state index is 12.7. The van der Waals surface area contributed by atoms with E-state index in [-0.39, 0.29) is 22.2 Å². The predicted octanol–water partition coefficient (Wildman–Crippen LogP) is 4.00. The summed E-state index contributed by atoms with van der Waals surface area (Å²) >= 11 is 0. The standard InChI is InChI=1S/C19H30O3/c1-12-15-14(18(10-11-18)13(2)20)6-7-19(15,16(21)22-5)9-8-17(12,3)4/h12,14-15H,6-11H2,1-5H3/t12?,14-,15?,19?/m1/s1. The highest BCUT2D eigenvalue weighted by atomic mass is 16.5. The summed E-state index contributed by atoms with van der Waals surface area (Å²) in [5.74, 6) is 1.44. The predicted molar refractivity (Wildman–Crippen MR) is 85.2 cm³/mol.